The van der Waals surface area contributed by atoms with Gasteiger partial charge in [-0.25, -0.2) is 8.78 Å². The van der Waals surface area contributed by atoms with Gasteiger partial charge in [0.2, 0.25) is 5.91 Å². The lowest BCUT2D eigenvalue weighted by Gasteiger charge is -2.18. The van der Waals surface area contributed by atoms with Gasteiger partial charge < -0.3 is 16.4 Å². The largest absolute Gasteiger partial charge is 0.368 e. The Balaban J connectivity index is 3.06. The summed E-state index contributed by atoms with van der Waals surface area (Å²) in [7, 11) is 1.45. The van der Waals surface area contributed by atoms with E-state index in [-0.39, 0.29) is 24.3 Å². The van der Waals surface area contributed by atoms with Gasteiger partial charge in [0.25, 0.3) is 0 Å². The molecule has 0 aromatic heterocycles. The van der Waals surface area contributed by atoms with Gasteiger partial charge in [-0.15, -0.1) is 0 Å². The van der Waals surface area contributed by atoms with E-state index in [2.05, 4.69) is 0 Å². The van der Waals surface area contributed by atoms with Gasteiger partial charge in [-0.2, -0.15) is 0 Å². The van der Waals surface area contributed by atoms with Crippen LogP contribution in [0.15, 0.2) is 12.1 Å². The fourth-order valence-electron chi connectivity index (χ4n) is 1.35. The quantitative estimate of drug-likeness (QED) is 0.782. The van der Waals surface area contributed by atoms with Crippen molar-refractivity contribution in [2.24, 2.45) is 11.5 Å². The average Bonchev–Trinajstić information content (AvgIpc) is 2.20. The van der Waals surface area contributed by atoms with Gasteiger partial charge in [0.1, 0.15) is 0 Å². The molecular formula is C10H13F2N3O. The minimum Gasteiger partial charge on any atom is -0.368 e. The van der Waals surface area contributed by atoms with Crippen molar-refractivity contribution in [2.75, 3.05) is 18.5 Å². The van der Waals surface area contributed by atoms with Gasteiger partial charge in [0.05, 0.1) is 12.2 Å². The van der Waals surface area contributed by atoms with E-state index >= 15 is 0 Å². The molecule has 1 rings (SSSR count). The van der Waals surface area contributed by atoms with E-state index in [0.717, 1.165) is 0 Å². The fraction of sp³-hybridized carbons (Fsp3) is 0.300. The van der Waals surface area contributed by atoms with Gasteiger partial charge in [-0.05, 0) is 6.07 Å². The molecule has 0 unspecified atom stereocenters. The number of hydrogen-bond acceptors (Lipinski definition) is 3. The number of nitrogens with zero attached hydrogens (tertiary/aromatic N) is 1. The van der Waals surface area contributed by atoms with E-state index in [4.69, 9.17) is 11.5 Å². The molecule has 0 aliphatic rings. The minimum absolute atomic E-state index is 0.0199. The Morgan fingerprint density at radius 1 is 1.38 bits per heavy atom. The molecule has 0 spiro atoms. The molecule has 16 heavy (non-hydrogen) atoms. The zero-order chi connectivity index (χ0) is 12.3. The molecule has 0 saturated carbocycles. The van der Waals surface area contributed by atoms with E-state index in [0.29, 0.717) is 0 Å². The zero-order valence-corrected chi connectivity index (χ0v) is 8.84. The Bertz CT molecular complexity index is 409. The minimum atomic E-state index is -1.02. The number of halogens is 2. The number of amides is 1. The van der Waals surface area contributed by atoms with Crippen LogP contribution in [0.4, 0.5) is 14.5 Å². The van der Waals surface area contributed by atoms with Gasteiger partial charge in [0, 0.05) is 19.2 Å². The predicted molar refractivity (Wildman–Crippen MR) is 56.7 cm³/mol. The van der Waals surface area contributed by atoms with Crippen molar-refractivity contribution >= 4 is 11.6 Å². The predicted octanol–water partition coefficient (Wildman–Crippen LogP) is 0.345. The Morgan fingerprint density at radius 2 is 2.00 bits per heavy atom. The summed E-state index contributed by atoms with van der Waals surface area (Å²) in [5, 5.41) is 0. The second-order valence-electron chi connectivity index (χ2n) is 3.40. The maximum absolute atomic E-state index is 13.5. The third kappa shape index (κ3) is 2.46. The van der Waals surface area contributed by atoms with Crippen LogP contribution in [0, 0.1) is 11.6 Å². The number of nitrogens with two attached hydrogens (primary N) is 2. The lowest BCUT2D eigenvalue weighted by atomic mass is 10.1. The first-order chi connectivity index (χ1) is 7.47. The van der Waals surface area contributed by atoms with Crippen molar-refractivity contribution in [1.82, 2.24) is 0 Å². The smallest absolute Gasteiger partial charge is 0.236 e. The molecule has 0 saturated heterocycles. The summed E-state index contributed by atoms with van der Waals surface area (Å²) in [5.74, 6) is -2.63. The van der Waals surface area contributed by atoms with Crippen LogP contribution in [-0.4, -0.2) is 19.5 Å². The summed E-state index contributed by atoms with van der Waals surface area (Å²) in [6.07, 6.45) is 0. The van der Waals surface area contributed by atoms with Crippen LogP contribution < -0.4 is 16.4 Å². The highest BCUT2D eigenvalue weighted by molar-refractivity contribution is 5.79. The maximum Gasteiger partial charge on any atom is 0.236 e. The summed E-state index contributed by atoms with van der Waals surface area (Å²) in [4.78, 5) is 11.9. The van der Waals surface area contributed by atoms with Crippen LogP contribution in [0.3, 0.4) is 0 Å². The molecule has 4 N–H and O–H groups in total. The monoisotopic (exact) mass is 229 g/mol. The third-order valence-electron chi connectivity index (χ3n) is 2.17. The summed E-state index contributed by atoms with van der Waals surface area (Å²) in [6, 6.07) is 2.74. The number of primary amides is 1. The van der Waals surface area contributed by atoms with Crippen molar-refractivity contribution in [2.45, 2.75) is 6.54 Å². The number of carbonyl (C=O) groups excluding carboxylic acids is 1. The number of rotatable bonds is 4. The topological polar surface area (TPSA) is 72.3 Å². The van der Waals surface area contributed by atoms with E-state index in [1.165, 1.54) is 24.1 Å². The van der Waals surface area contributed by atoms with Crippen molar-refractivity contribution < 1.29 is 13.6 Å². The summed E-state index contributed by atoms with van der Waals surface area (Å²) in [6.45, 7) is -0.263. The van der Waals surface area contributed by atoms with Gasteiger partial charge in [0.15, 0.2) is 11.6 Å². The van der Waals surface area contributed by atoms with E-state index in [9.17, 15) is 13.6 Å². The first-order valence-electron chi connectivity index (χ1n) is 4.63. The number of benzene rings is 1. The molecule has 6 heteroatoms. The molecule has 1 amide bonds. The highest BCUT2D eigenvalue weighted by Crippen LogP contribution is 2.22. The van der Waals surface area contributed by atoms with Crippen LogP contribution in [0.5, 0.6) is 0 Å². The summed E-state index contributed by atoms with van der Waals surface area (Å²) < 4.78 is 26.9. The molecule has 1 aromatic rings. The number of likely N-dealkylation sites (N-methyl/N-ethyl adjacent to an activating group) is 1. The van der Waals surface area contributed by atoms with Crippen molar-refractivity contribution in [3.8, 4) is 0 Å². The van der Waals surface area contributed by atoms with Gasteiger partial charge >= 0.3 is 0 Å². The number of carbonyl (C=O) groups is 1. The average molecular weight is 229 g/mol. The molecule has 0 fully saturated rings. The first kappa shape index (κ1) is 12.4. The summed E-state index contributed by atoms with van der Waals surface area (Å²) in [5.41, 5.74) is 10.3. The molecule has 0 heterocycles. The number of anilines is 1. The van der Waals surface area contributed by atoms with Crippen LogP contribution in [-0.2, 0) is 11.3 Å². The second-order valence-corrected chi connectivity index (χ2v) is 3.40. The fourth-order valence-corrected chi connectivity index (χ4v) is 1.35. The molecule has 0 radical (unpaired) electrons. The third-order valence-corrected chi connectivity index (χ3v) is 2.17. The zero-order valence-electron chi connectivity index (χ0n) is 8.84. The molecule has 0 aliphatic heterocycles. The highest BCUT2D eigenvalue weighted by Gasteiger charge is 2.16. The normalized spacial score (nSPS) is 10.2. The molecule has 0 aliphatic carbocycles. The van der Waals surface area contributed by atoms with E-state index < -0.39 is 17.5 Å². The van der Waals surface area contributed by atoms with E-state index in [1.54, 1.807) is 0 Å². The highest BCUT2D eigenvalue weighted by atomic mass is 19.2. The molecular weight excluding hydrogens is 216 g/mol. The van der Waals surface area contributed by atoms with Crippen LogP contribution >= 0.6 is 0 Å². The maximum atomic E-state index is 13.5. The van der Waals surface area contributed by atoms with Gasteiger partial charge in [-0.3, -0.25) is 4.79 Å². The first-order valence-corrected chi connectivity index (χ1v) is 4.63. The molecule has 0 atom stereocenters. The Hall–Kier alpha value is -1.69. The van der Waals surface area contributed by atoms with E-state index in [1.807, 2.05) is 0 Å². The van der Waals surface area contributed by atoms with Gasteiger partial charge in [-0.1, -0.05) is 6.07 Å². The van der Waals surface area contributed by atoms with Crippen LogP contribution in [0.25, 0.3) is 0 Å². The standard InChI is InChI=1S/C10H13F2N3O/c1-15(5-8(14)16)7-3-2-6(4-13)9(11)10(7)12/h2-3H,4-5,13H2,1H3,(H2,14,16). The summed E-state index contributed by atoms with van der Waals surface area (Å²) >= 11 is 0. The Kier molecular flexibility index (Phi) is 3.78. The lowest BCUT2D eigenvalue weighted by Crippen LogP contribution is -2.31. The SMILES string of the molecule is CN(CC(N)=O)c1ccc(CN)c(F)c1F. The Labute approximate surface area is 91.8 Å². The van der Waals surface area contributed by atoms with Crippen LogP contribution in [0.1, 0.15) is 5.56 Å². The molecule has 88 valence electrons. The molecule has 4 nitrogen and oxygen atoms in total. The van der Waals surface area contributed by atoms with Crippen molar-refractivity contribution in [3.05, 3.63) is 29.3 Å². The second kappa shape index (κ2) is 4.89. The number of hydrogen-bond donors (Lipinski definition) is 2. The van der Waals surface area contributed by atoms with Crippen molar-refractivity contribution in [1.29, 1.82) is 0 Å². The molecule has 0 bridgehead atoms. The lowest BCUT2D eigenvalue weighted by molar-refractivity contribution is -0.116. The Morgan fingerprint density at radius 3 is 2.50 bits per heavy atom. The van der Waals surface area contributed by atoms with Crippen molar-refractivity contribution in [3.63, 3.8) is 0 Å². The molecule has 1 aromatic carbocycles. The van der Waals surface area contributed by atoms with Crippen LogP contribution in [0.2, 0.25) is 0 Å².